The Morgan fingerprint density at radius 1 is 0.781 bits per heavy atom. The van der Waals surface area contributed by atoms with Crippen LogP contribution in [0.1, 0.15) is 127 Å². The number of nitrogens with one attached hydrogen (secondary N) is 4. The average Bonchev–Trinajstić information content (AvgIpc) is 4.14. The predicted molar refractivity (Wildman–Crippen MR) is 238 cm³/mol. The smallest absolute Gasteiger partial charge is 0.407 e. The van der Waals surface area contributed by atoms with Crippen molar-refractivity contribution in [3.8, 4) is 11.3 Å². The molecule has 0 radical (unpaired) electrons. The molecule has 4 aliphatic rings. The highest BCUT2D eigenvalue weighted by Gasteiger charge is 2.59. The van der Waals surface area contributed by atoms with Crippen LogP contribution in [0.4, 0.5) is 18.4 Å². The zero-order chi connectivity index (χ0) is 45.9. The molecule has 4 heterocycles. The van der Waals surface area contributed by atoms with Crippen LogP contribution in [0.25, 0.3) is 22.4 Å². The maximum atomic E-state index is 16.0. The Kier molecular flexibility index (Phi) is 13.8. The van der Waals surface area contributed by atoms with E-state index in [0.717, 1.165) is 48.9 Å². The molecule has 344 valence electrons. The first kappa shape index (κ1) is 46.2. The van der Waals surface area contributed by atoms with Crippen molar-refractivity contribution in [3.63, 3.8) is 0 Å². The summed E-state index contributed by atoms with van der Waals surface area (Å²) in [5, 5.41) is 5.36. The van der Waals surface area contributed by atoms with Gasteiger partial charge < -0.3 is 39.9 Å². The van der Waals surface area contributed by atoms with Crippen LogP contribution in [-0.2, 0) is 19.1 Å². The van der Waals surface area contributed by atoms with Crippen LogP contribution in [0.15, 0.2) is 61.0 Å². The highest BCUT2D eigenvalue weighted by atomic mass is 19.3. The molecule has 2 aliphatic carbocycles. The van der Waals surface area contributed by atoms with Gasteiger partial charge in [-0.05, 0) is 79.1 Å². The van der Waals surface area contributed by atoms with Gasteiger partial charge in [-0.2, -0.15) is 0 Å². The minimum absolute atomic E-state index is 0.143. The van der Waals surface area contributed by atoms with E-state index in [4.69, 9.17) is 14.5 Å². The Bertz CT molecular complexity index is 2270. The number of carbonyl (C=O) groups is 4. The number of alkyl halides is 2. The van der Waals surface area contributed by atoms with E-state index in [2.05, 4.69) is 32.2 Å². The normalized spacial score (nSPS) is 22.1. The molecular formula is C48H62F2N8O6. The van der Waals surface area contributed by atoms with E-state index in [9.17, 15) is 19.2 Å². The molecule has 4 fully saturated rings. The Balaban J connectivity index is 1.10. The van der Waals surface area contributed by atoms with Crippen molar-refractivity contribution in [2.75, 3.05) is 27.3 Å². The average molecular weight is 885 g/mol. The van der Waals surface area contributed by atoms with E-state index >= 15 is 8.78 Å². The third-order valence-corrected chi connectivity index (χ3v) is 13.7. The van der Waals surface area contributed by atoms with Gasteiger partial charge in [0, 0.05) is 24.9 Å². The lowest BCUT2D eigenvalue weighted by molar-refractivity contribution is -0.136. The van der Waals surface area contributed by atoms with Crippen molar-refractivity contribution in [2.45, 2.75) is 122 Å². The largest absolute Gasteiger partial charge is 0.453 e. The van der Waals surface area contributed by atoms with Crippen LogP contribution in [-0.4, -0.2) is 99.1 Å². The topological polar surface area (TPSA) is 175 Å². The number of hydrogen-bond acceptors (Lipinski definition) is 8. The third kappa shape index (κ3) is 9.37. The third-order valence-electron chi connectivity index (χ3n) is 13.7. The Morgan fingerprint density at radius 2 is 1.31 bits per heavy atom. The van der Waals surface area contributed by atoms with Gasteiger partial charge in [0.15, 0.2) is 0 Å². The number of aromatic amines is 2. The first-order valence-electron chi connectivity index (χ1n) is 22.5. The van der Waals surface area contributed by atoms with Gasteiger partial charge in [-0.15, -0.1) is 0 Å². The van der Waals surface area contributed by atoms with Gasteiger partial charge in [0.25, 0.3) is 5.92 Å². The molecule has 16 heteroatoms. The molecule has 1 aromatic carbocycles. The summed E-state index contributed by atoms with van der Waals surface area (Å²) in [7, 11) is 2.53. The SMILES string of the molecule is C=C(/C=C\C(=C1/CC(F)(F)C2(CCCC2)C1)c1cnc([C@@H]2CCCN2C(=O)[C@@H](NC(=O)OC)C(C)C)[nH]1)c1ccc(-c2cnc([C@@H]3CCCN3C(=O)[C@@H](NC(=O)OC)C(C)C)[nH]2)cc1. The number of halogens is 2. The fraction of sp³-hybridized carbons (Fsp3) is 0.542. The molecule has 14 nitrogen and oxygen atoms in total. The molecule has 3 aromatic rings. The summed E-state index contributed by atoms with van der Waals surface area (Å²) in [5.41, 5.74) is 4.03. The number of nitrogens with zero attached hydrogens (tertiary/aromatic N) is 4. The van der Waals surface area contributed by atoms with Crippen molar-refractivity contribution < 1.29 is 37.4 Å². The van der Waals surface area contributed by atoms with E-state index in [0.29, 0.717) is 72.8 Å². The number of benzene rings is 1. The Hall–Kier alpha value is -5.80. The fourth-order valence-electron chi connectivity index (χ4n) is 10.1. The molecule has 64 heavy (non-hydrogen) atoms. The van der Waals surface area contributed by atoms with Crippen LogP contribution < -0.4 is 10.6 Å². The summed E-state index contributed by atoms with van der Waals surface area (Å²) in [4.78, 5) is 71.4. The van der Waals surface area contributed by atoms with E-state index in [-0.39, 0.29) is 42.2 Å². The zero-order valence-electron chi connectivity index (χ0n) is 37.8. The van der Waals surface area contributed by atoms with Crippen molar-refractivity contribution in [3.05, 3.63) is 83.9 Å². The Morgan fingerprint density at radius 3 is 1.84 bits per heavy atom. The van der Waals surface area contributed by atoms with Crippen molar-refractivity contribution in [1.82, 2.24) is 40.4 Å². The van der Waals surface area contributed by atoms with Crippen LogP contribution in [0.2, 0.25) is 0 Å². The van der Waals surface area contributed by atoms with Crippen molar-refractivity contribution in [1.29, 1.82) is 0 Å². The number of ether oxygens (including phenoxy) is 2. The molecule has 0 unspecified atom stereocenters. The Labute approximate surface area is 373 Å². The summed E-state index contributed by atoms with van der Waals surface area (Å²) in [5.74, 6) is -2.35. The van der Waals surface area contributed by atoms with Crippen molar-refractivity contribution >= 4 is 35.1 Å². The number of hydrogen-bond donors (Lipinski definition) is 4. The van der Waals surface area contributed by atoms with E-state index < -0.39 is 35.6 Å². The quantitative estimate of drug-likeness (QED) is 0.123. The summed E-state index contributed by atoms with van der Waals surface area (Å²) < 4.78 is 41.5. The van der Waals surface area contributed by atoms with Crippen molar-refractivity contribution in [2.24, 2.45) is 17.3 Å². The second kappa shape index (κ2) is 19.1. The van der Waals surface area contributed by atoms with Gasteiger partial charge in [-0.1, -0.05) is 89.1 Å². The van der Waals surface area contributed by atoms with Gasteiger partial charge in [0.1, 0.15) is 23.7 Å². The lowest BCUT2D eigenvalue weighted by Gasteiger charge is -2.30. The highest BCUT2D eigenvalue weighted by molar-refractivity contribution is 5.87. The lowest BCUT2D eigenvalue weighted by atomic mass is 9.81. The number of rotatable bonds is 13. The molecule has 2 saturated carbocycles. The number of methoxy groups -OCH3 is 2. The molecule has 7 rings (SSSR count). The minimum Gasteiger partial charge on any atom is -0.453 e. The maximum Gasteiger partial charge on any atom is 0.407 e. The monoisotopic (exact) mass is 884 g/mol. The van der Waals surface area contributed by atoms with Gasteiger partial charge >= 0.3 is 12.2 Å². The molecule has 2 saturated heterocycles. The number of H-pyrrole nitrogens is 2. The predicted octanol–water partition coefficient (Wildman–Crippen LogP) is 8.90. The number of carbonyl (C=O) groups excluding carboxylic acids is 4. The molecule has 4 amide bonds. The second-order valence-corrected chi connectivity index (χ2v) is 18.5. The molecule has 0 bridgehead atoms. The van der Waals surface area contributed by atoms with Gasteiger partial charge in [-0.3, -0.25) is 9.59 Å². The molecule has 4 N–H and O–H groups in total. The van der Waals surface area contributed by atoms with Crippen LogP contribution in [0.3, 0.4) is 0 Å². The van der Waals surface area contributed by atoms with E-state index in [1.54, 1.807) is 22.2 Å². The number of likely N-dealkylation sites (tertiary alicyclic amines) is 2. The summed E-state index contributed by atoms with van der Waals surface area (Å²) >= 11 is 0. The number of aromatic nitrogens is 4. The maximum absolute atomic E-state index is 16.0. The number of amides is 4. The molecular weight excluding hydrogens is 823 g/mol. The fourth-order valence-corrected chi connectivity index (χ4v) is 10.1. The first-order chi connectivity index (χ1) is 30.6. The van der Waals surface area contributed by atoms with Crippen LogP contribution >= 0.6 is 0 Å². The number of alkyl carbamates (subject to hydrolysis) is 2. The lowest BCUT2D eigenvalue weighted by Crippen LogP contribution is -2.51. The minimum atomic E-state index is -2.84. The summed E-state index contributed by atoms with van der Waals surface area (Å²) in [6.07, 6.45) is 11.3. The molecule has 1 spiro atoms. The van der Waals surface area contributed by atoms with Crippen LogP contribution in [0.5, 0.6) is 0 Å². The molecule has 2 aromatic heterocycles. The number of allylic oxidation sites excluding steroid dienone is 5. The summed E-state index contributed by atoms with van der Waals surface area (Å²) in [6, 6.07) is 5.65. The van der Waals surface area contributed by atoms with Crippen LogP contribution in [0, 0.1) is 17.3 Å². The number of imidazole rings is 2. The van der Waals surface area contributed by atoms with Gasteiger partial charge in [0.05, 0.1) is 50.1 Å². The first-order valence-corrected chi connectivity index (χ1v) is 22.5. The van der Waals surface area contributed by atoms with E-state index in [1.807, 2.05) is 64.1 Å². The molecule has 2 aliphatic heterocycles. The van der Waals surface area contributed by atoms with Gasteiger partial charge in [-0.25, -0.2) is 28.3 Å². The highest BCUT2D eigenvalue weighted by Crippen LogP contribution is 2.62. The second-order valence-electron chi connectivity index (χ2n) is 18.5. The zero-order valence-corrected chi connectivity index (χ0v) is 37.8. The van der Waals surface area contributed by atoms with E-state index in [1.165, 1.54) is 14.2 Å². The standard InChI is InChI=1S/C48H62F2N8O6/c1-28(2)39(55-45(61)63-6)43(59)57-22-10-12-37(57)41-51-26-35(53-41)32-17-15-31(16-18-32)30(5)14-19-34(33-24-47(20-8-9-21-47)48(49,50)25-33)36-27-52-42(54-36)38-13-11-23-58(38)44(60)40(29(3)4)56-46(62)64-7/h14-19,26-29,37-40H,5,8-13,20-25H2,1-4,6-7H3,(H,51,53)(H,52,54)(H,55,61)(H,56,62)/b19-14-,34-33+/t37-,38-,39-,40-/m0/s1. The van der Waals surface area contributed by atoms with Gasteiger partial charge in [0.2, 0.25) is 11.8 Å². The molecule has 4 atom stereocenters. The summed E-state index contributed by atoms with van der Waals surface area (Å²) in [6.45, 7) is 12.9.